The van der Waals surface area contributed by atoms with Gasteiger partial charge >= 0.3 is 0 Å². The molecule has 0 spiro atoms. The second-order valence-corrected chi connectivity index (χ2v) is 7.23. The molecule has 2 bridgehead atoms. The molecule has 0 amide bonds. The van der Waals surface area contributed by atoms with Crippen LogP contribution in [0.25, 0.3) is 0 Å². The topological polar surface area (TPSA) is 28.2 Å². The van der Waals surface area contributed by atoms with Gasteiger partial charge in [0.1, 0.15) is 0 Å². The van der Waals surface area contributed by atoms with E-state index in [2.05, 4.69) is 29.2 Å². The molecule has 3 nitrogen and oxygen atoms in total. The van der Waals surface area contributed by atoms with Crippen molar-refractivity contribution in [3.8, 4) is 0 Å². The molecule has 2 aliphatic rings. The highest BCUT2D eigenvalue weighted by Crippen LogP contribution is 2.32. The van der Waals surface area contributed by atoms with Gasteiger partial charge in [-0.3, -0.25) is 0 Å². The molecule has 3 heterocycles. The molecule has 2 unspecified atom stereocenters. The zero-order chi connectivity index (χ0) is 13.2. The summed E-state index contributed by atoms with van der Waals surface area (Å²) >= 11 is 1.86. The third-order valence-electron chi connectivity index (χ3n) is 4.81. The Balaban J connectivity index is 1.53. The molecule has 3 rings (SSSR count). The number of fused-ring (bicyclic) bond motifs is 2. The van der Waals surface area contributed by atoms with E-state index in [4.69, 9.17) is 0 Å². The van der Waals surface area contributed by atoms with Crippen LogP contribution in [0.3, 0.4) is 0 Å². The lowest BCUT2D eigenvalue weighted by Crippen LogP contribution is -2.54. The van der Waals surface area contributed by atoms with Gasteiger partial charge in [0.15, 0.2) is 0 Å². The van der Waals surface area contributed by atoms with Crippen molar-refractivity contribution in [2.24, 2.45) is 0 Å². The molecule has 0 aliphatic carbocycles. The monoisotopic (exact) mass is 279 g/mol. The molecule has 2 atom stereocenters. The third-order valence-corrected chi connectivity index (χ3v) is 5.95. The largest absolute Gasteiger partial charge is 0.309 e. The molecule has 0 saturated carbocycles. The minimum atomic E-state index is 0.707. The molecule has 1 aromatic heterocycles. The van der Waals surface area contributed by atoms with E-state index in [9.17, 15) is 0 Å². The molecule has 19 heavy (non-hydrogen) atoms. The van der Waals surface area contributed by atoms with Crippen LogP contribution in [0.2, 0.25) is 0 Å². The van der Waals surface area contributed by atoms with Gasteiger partial charge in [-0.15, -0.1) is 11.3 Å². The Morgan fingerprint density at radius 3 is 2.74 bits per heavy atom. The van der Waals surface area contributed by atoms with Crippen molar-refractivity contribution in [3.05, 3.63) is 16.1 Å². The SMILES string of the molecule is CCc1ncc(CNC2CC3CCCC(C2)N3C)s1. The maximum absolute atomic E-state index is 4.44. The van der Waals surface area contributed by atoms with Crippen LogP contribution in [0.4, 0.5) is 0 Å². The lowest BCUT2D eigenvalue weighted by molar-refractivity contribution is 0.0483. The van der Waals surface area contributed by atoms with E-state index in [-0.39, 0.29) is 0 Å². The molecule has 4 heteroatoms. The van der Waals surface area contributed by atoms with Crippen LogP contribution in [0.5, 0.6) is 0 Å². The fourth-order valence-electron chi connectivity index (χ4n) is 3.62. The highest BCUT2D eigenvalue weighted by atomic mass is 32.1. The third kappa shape index (κ3) is 3.01. The summed E-state index contributed by atoms with van der Waals surface area (Å²) in [5, 5.41) is 5.03. The van der Waals surface area contributed by atoms with Gasteiger partial charge in [0.05, 0.1) is 5.01 Å². The Hall–Kier alpha value is -0.450. The lowest BCUT2D eigenvalue weighted by atomic mass is 9.82. The van der Waals surface area contributed by atoms with Gasteiger partial charge in [0, 0.05) is 35.7 Å². The summed E-state index contributed by atoms with van der Waals surface area (Å²) in [6, 6.07) is 2.34. The number of aromatic nitrogens is 1. The maximum Gasteiger partial charge on any atom is 0.0925 e. The van der Waals surface area contributed by atoms with E-state index in [0.29, 0.717) is 6.04 Å². The van der Waals surface area contributed by atoms with Crippen molar-refractivity contribution >= 4 is 11.3 Å². The Kier molecular flexibility index (Phi) is 4.20. The van der Waals surface area contributed by atoms with Gasteiger partial charge in [0.2, 0.25) is 0 Å². The zero-order valence-corrected chi connectivity index (χ0v) is 12.9. The Morgan fingerprint density at radius 2 is 2.11 bits per heavy atom. The van der Waals surface area contributed by atoms with Crippen LogP contribution in [-0.2, 0) is 13.0 Å². The number of hydrogen-bond acceptors (Lipinski definition) is 4. The average Bonchev–Trinajstić information content (AvgIpc) is 2.85. The minimum Gasteiger partial charge on any atom is -0.309 e. The zero-order valence-electron chi connectivity index (χ0n) is 12.1. The van der Waals surface area contributed by atoms with Crippen molar-refractivity contribution in [3.63, 3.8) is 0 Å². The van der Waals surface area contributed by atoms with Gasteiger partial charge in [0.25, 0.3) is 0 Å². The van der Waals surface area contributed by atoms with Crippen LogP contribution < -0.4 is 5.32 Å². The standard InChI is InChI=1S/C15H25N3S/c1-3-15-17-10-14(19-15)9-16-11-7-12-5-4-6-13(8-11)18(12)2/h10-13,16H,3-9H2,1-2H3. The molecular weight excluding hydrogens is 254 g/mol. The van der Waals surface area contributed by atoms with Gasteiger partial charge in [-0.2, -0.15) is 0 Å². The predicted octanol–water partition coefficient (Wildman–Crippen LogP) is 2.81. The fraction of sp³-hybridized carbons (Fsp3) is 0.800. The minimum absolute atomic E-state index is 0.707. The van der Waals surface area contributed by atoms with Crippen LogP contribution in [-0.4, -0.2) is 35.1 Å². The van der Waals surface area contributed by atoms with Crippen molar-refractivity contribution in [1.82, 2.24) is 15.2 Å². The van der Waals surface area contributed by atoms with Crippen LogP contribution in [0, 0.1) is 0 Å². The first kappa shape index (κ1) is 13.5. The number of aryl methyl sites for hydroxylation is 1. The Bertz CT molecular complexity index is 403. The molecule has 0 radical (unpaired) electrons. The van der Waals surface area contributed by atoms with Gasteiger partial charge in [-0.1, -0.05) is 13.3 Å². The number of nitrogens with one attached hydrogen (secondary N) is 1. The molecule has 2 saturated heterocycles. The van der Waals surface area contributed by atoms with Gasteiger partial charge < -0.3 is 10.2 Å². The highest BCUT2D eigenvalue weighted by molar-refractivity contribution is 7.11. The summed E-state index contributed by atoms with van der Waals surface area (Å²) < 4.78 is 0. The first-order valence-corrected chi connectivity index (χ1v) is 8.46. The Labute approximate surface area is 120 Å². The number of rotatable bonds is 4. The quantitative estimate of drug-likeness (QED) is 0.918. The van der Waals surface area contributed by atoms with E-state index >= 15 is 0 Å². The molecule has 2 fully saturated rings. The first-order valence-electron chi connectivity index (χ1n) is 7.65. The van der Waals surface area contributed by atoms with E-state index in [1.807, 2.05) is 17.5 Å². The number of piperidine rings is 2. The average molecular weight is 279 g/mol. The van der Waals surface area contributed by atoms with Crippen LogP contribution in [0.15, 0.2) is 6.20 Å². The Morgan fingerprint density at radius 1 is 1.37 bits per heavy atom. The molecule has 2 aliphatic heterocycles. The summed E-state index contributed by atoms with van der Waals surface area (Å²) in [5.41, 5.74) is 0. The maximum atomic E-state index is 4.44. The van der Waals surface area contributed by atoms with Gasteiger partial charge in [-0.25, -0.2) is 4.98 Å². The van der Waals surface area contributed by atoms with E-state index in [1.54, 1.807) is 0 Å². The second kappa shape index (κ2) is 5.90. The van der Waals surface area contributed by atoms with Crippen molar-refractivity contribution in [2.75, 3.05) is 7.05 Å². The smallest absolute Gasteiger partial charge is 0.0925 e. The molecular formula is C15H25N3S. The summed E-state index contributed by atoms with van der Waals surface area (Å²) in [6.45, 7) is 3.18. The number of hydrogen-bond donors (Lipinski definition) is 1. The summed E-state index contributed by atoms with van der Waals surface area (Å²) in [4.78, 5) is 8.46. The van der Waals surface area contributed by atoms with E-state index in [1.165, 1.54) is 42.0 Å². The predicted molar refractivity (Wildman–Crippen MR) is 80.5 cm³/mol. The van der Waals surface area contributed by atoms with Crippen LogP contribution in [0.1, 0.15) is 48.9 Å². The fourth-order valence-corrected chi connectivity index (χ4v) is 4.43. The van der Waals surface area contributed by atoms with Crippen molar-refractivity contribution in [1.29, 1.82) is 0 Å². The highest BCUT2D eigenvalue weighted by Gasteiger charge is 2.35. The molecule has 0 aromatic carbocycles. The van der Waals surface area contributed by atoms with Gasteiger partial charge in [-0.05, 0) is 39.2 Å². The molecule has 106 valence electrons. The van der Waals surface area contributed by atoms with E-state index < -0.39 is 0 Å². The number of nitrogens with zero attached hydrogens (tertiary/aromatic N) is 2. The van der Waals surface area contributed by atoms with Crippen molar-refractivity contribution in [2.45, 2.75) is 70.1 Å². The normalized spacial score (nSPS) is 31.6. The lowest BCUT2D eigenvalue weighted by Gasteiger charge is -2.47. The summed E-state index contributed by atoms with van der Waals surface area (Å²) in [7, 11) is 2.32. The molecule has 1 N–H and O–H groups in total. The van der Waals surface area contributed by atoms with E-state index in [0.717, 1.165) is 25.0 Å². The van der Waals surface area contributed by atoms with Crippen molar-refractivity contribution < 1.29 is 0 Å². The first-order chi connectivity index (χ1) is 9.26. The van der Waals surface area contributed by atoms with Crippen LogP contribution >= 0.6 is 11.3 Å². The summed E-state index contributed by atoms with van der Waals surface area (Å²) in [5.74, 6) is 0. The number of thiazole rings is 1. The molecule has 1 aromatic rings. The summed E-state index contributed by atoms with van der Waals surface area (Å²) in [6.07, 6.45) is 9.98. The second-order valence-electron chi connectivity index (χ2n) is 6.03.